The summed E-state index contributed by atoms with van der Waals surface area (Å²) in [7, 11) is 1.57. The highest BCUT2D eigenvalue weighted by Crippen LogP contribution is 2.35. The molecule has 29 heavy (non-hydrogen) atoms. The van der Waals surface area contributed by atoms with Crippen molar-refractivity contribution in [1.29, 1.82) is 5.26 Å². The van der Waals surface area contributed by atoms with Gasteiger partial charge in [0.05, 0.1) is 29.8 Å². The maximum absolute atomic E-state index is 9.27. The quantitative estimate of drug-likeness (QED) is 0.405. The van der Waals surface area contributed by atoms with Gasteiger partial charge < -0.3 is 14.0 Å². The molecule has 1 aliphatic heterocycles. The van der Waals surface area contributed by atoms with Crippen LogP contribution in [-0.2, 0) is 23.3 Å². The van der Waals surface area contributed by atoms with Crippen molar-refractivity contribution in [3.8, 4) is 11.9 Å². The minimum atomic E-state index is -0.370. The molecule has 0 fully saturated rings. The summed E-state index contributed by atoms with van der Waals surface area (Å²) in [6.07, 6.45) is 2.70. The SMILES string of the molecule is COc1ccc(Cl)cc1C(=NC#N)N=c1sc2c(n1CC(C)C)CCOC2(C)C. The summed E-state index contributed by atoms with van der Waals surface area (Å²) >= 11 is 7.77. The molecule has 0 aliphatic carbocycles. The summed E-state index contributed by atoms with van der Waals surface area (Å²) < 4.78 is 13.7. The lowest BCUT2D eigenvalue weighted by Gasteiger charge is -2.30. The lowest BCUT2D eigenvalue weighted by molar-refractivity contribution is -0.0299. The molecule has 2 aromatic rings. The van der Waals surface area contributed by atoms with E-state index in [2.05, 4.69) is 37.3 Å². The van der Waals surface area contributed by atoms with Gasteiger partial charge in [0.1, 0.15) is 5.75 Å². The van der Waals surface area contributed by atoms with Crippen LogP contribution in [0.3, 0.4) is 0 Å². The monoisotopic (exact) mass is 432 g/mol. The fraction of sp³-hybridized carbons (Fsp3) is 0.476. The first-order valence-electron chi connectivity index (χ1n) is 9.49. The Bertz CT molecular complexity index is 1040. The van der Waals surface area contributed by atoms with Gasteiger partial charge in [-0.1, -0.05) is 36.8 Å². The summed E-state index contributed by atoms with van der Waals surface area (Å²) in [4.78, 5) is 10.7. The molecule has 0 N–H and O–H groups in total. The number of aliphatic imine (C=N–C) groups is 1. The van der Waals surface area contributed by atoms with E-state index in [4.69, 9.17) is 26.1 Å². The van der Waals surface area contributed by atoms with Crippen molar-refractivity contribution >= 4 is 28.8 Å². The standard InChI is InChI=1S/C21H25ClN4O2S/c1-13(2)11-26-16-8-9-28-21(3,4)18(16)29-20(26)25-19(24-12-23)15-10-14(22)6-7-17(15)27-5/h6-7,10,13H,8-9,11H2,1-5H3. The highest BCUT2D eigenvalue weighted by molar-refractivity contribution is 7.09. The van der Waals surface area contributed by atoms with E-state index in [-0.39, 0.29) is 11.4 Å². The van der Waals surface area contributed by atoms with Crippen molar-refractivity contribution in [2.75, 3.05) is 13.7 Å². The molecule has 0 unspecified atom stereocenters. The lowest BCUT2D eigenvalue weighted by Crippen LogP contribution is -2.30. The highest BCUT2D eigenvalue weighted by Gasteiger charge is 2.33. The van der Waals surface area contributed by atoms with Gasteiger partial charge in [0.25, 0.3) is 0 Å². The molecular weight excluding hydrogens is 408 g/mol. The number of fused-ring (bicyclic) bond motifs is 1. The van der Waals surface area contributed by atoms with Crippen molar-refractivity contribution in [3.05, 3.63) is 44.2 Å². The number of aromatic nitrogens is 1. The Kier molecular flexibility index (Phi) is 6.47. The predicted molar refractivity (Wildman–Crippen MR) is 116 cm³/mol. The maximum Gasteiger partial charge on any atom is 0.207 e. The Morgan fingerprint density at radius 3 is 2.86 bits per heavy atom. The maximum atomic E-state index is 9.27. The van der Waals surface area contributed by atoms with E-state index in [1.807, 2.05) is 6.19 Å². The summed E-state index contributed by atoms with van der Waals surface area (Å²) in [5, 5.41) is 9.80. The first kappa shape index (κ1) is 21.6. The fourth-order valence-electron chi connectivity index (χ4n) is 3.41. The molecule has 1 aromatic heterocycles. The van der Waals surface area contributed by atoms with Crippen LogP contribution in [0.2, 0.25) is 5.02 Å². The zero-order chi connectivity index (χ0) is 21.2. The van der Waals surface area contributed by atoms with Gasteiger partial charge in [-0.25, -0.2) is 0 Å². The van der Waals surface area contributed by atoms with Crippen molar-refractivity contribution in [2.24, 2.45) is 15.9 Å². The van der Waals surface area contributed by atoms with E-state index < -0.39 is 0 Å². The van der Waals surface area contributed by atoms with Gasteiger partial charge in [-0.15, -0.1) is 0 Å². The van der Waals surface area contributed by atoms with Crippen LogP contribution >= 0.6 is 22.9 Å². The zero-order valence-corrected chi connectivity index (χ0v) is 18.9. The molecule has 0 atom stereocenters. The lowest BCUT2D eigenvalue weighted by atomic mass is 10.0. The molecular formula is C21H25ClN4O2S. The Hall–Kier alpha value is -2.14. The third kappa shape index (κ3) is 4.55. The summed E-state index contributed by atoms with van der Waals surface area (Å²) in [5.74, 6) is 1.28. The predicted octanol–water partition coefficient (Wildman–Crippen LogP) is 4.50. The van der Waals surface area contributed by atoms with Crippen LogP contribution in [-0.4, -0.2) is 24.1 Å². The van der Waals surface area contributed by atoms with E-state index >= 15 is 0 Å². The Morgan fingerprint density at radius 1 is 1.45 bits per heavy atom. The number of rotatable bonds is 4. The van der Waals surface area contributed by atoms with Gasteiger partial charge in [-0.2, -0.15) is 15.2 Å². The highest BCUT2D eigenvalue weighted by atomic mass is 35.5. The van der Waals surface area contributed by atoms with Crippen LogP contribution in [0, 0.1) is 17.4 Å². The average molecular weight is 433 g/mol. The van der Waals surface area contributed by atoms with Gasteiger partial charge >= 0.3 is 0 Å². The molecule has 0 saturated heterocycles. The molecule has 2 heterocycles. The third-order valence-corrected chi connectivity index (χ3v) is 6.33. The number of amidine groups is 1. The smallest absolute Gasteiger partial charge is 0.207 e. The first-order valence-corrected chi connectivity index (χ1v) is 10.7. The summed E-state index contributed by atoms with van der Waals surface area (Å²) in [6.45, 7) is 10.0. The van der Waals surface area contributed by atoms with E-state index in [0.29, 0.717) is 28.9 Å². The fourth-order valence-corrected chi connectivity index (χ4v) is 4.82. The van der Waals surface area contributed by atoms with Gasteiger partial charge in [0.15, 0.2) is 10.6 Å². The zero-order valence-electron chi connectivity index (χ0n) is 17.3. The Labute approximate surface area is 180 Å². The number of halogens is 1. The number of methoxy groups -OCH3 is 1. The second kappa shape index (κ2) is 8.70. The Morgan fingerprint density at radius 2 is 2.21 bits per heavy atom. The molecule has 0 spiro atoms. The number of nitrogens with zero attached hydrogens (tertiary/aromatic N) is 4. The van der Waals surface area contributed by atoms with Crippen molar-refractivity contribution in [3.63, 3.8) is 0 Å². The molecule has 8 heteroatoms. The third-order valence-electron chi connectivity index (χ3n) is 4.67. The van der Waals surface area contributed by atoms with Crippen LogP contribution in [0.25, 0.3) is 0 Å². The van der Waals surface area contributed by atoms with E-state index in [1.165, 1.54) is 5.69 Å². The largest absolute Gasteiger partial charge is 0.496 e. The second-order valence-electron chi connectivity index (χ2n) is 7.77. The number of hydrogen-bond donors (Lipinski definition) is 0. The van der Waals surface area contributed by atoms with E-state index in [1.54, 1.807) is 36.6 Å². The molecule has 154 valence electrons. The number of thiazole rings is 1. The van der Waals surface area contributed by atoms with Gasteiger partial charge in [0, 0.05) is 23.7 Å². The summed E-state index contributed by atoms with van der Waals surface area (Å²) in [5.41, 5.74) is 1.46. The molecule has 0 radical (unpaired) electrons. The summed E-state index contributed by atoms with van der Waals surface area (Å²) in [6, 6.07) is 5.20. The number of nitriles is 1. The molecule has 3 rings (SSSR count). The van der Waals surface area contributed by atoms with E-state index in [9.17, 15) is 5.26 Å². The topological polar surface area (TPSA) is 71.9 Å². The molecule has 0 bridgehead atoms. The van der Waals surface area contributed by atoms with Crippen molar-refractivity contribution < 1.29 is 9.47 Å². The number of benzene rings is 1. The minimum Gasteiger partial charge on any atom is -0.496 e. The van der Waals surface area contributed by atoms with Crippen LogP contribution < -0.4 is 9.54 Å². The van der Waals surface area contributed by atoms with Crippen LogP contribution in [0.1, 0.15) is 43.8 Å². The Balaban J connectivity index is 2.25. The average Bonchev–Trinajstić information content (AvgIpc) is 2.99. The normalized spacial score (nSPS) is 16.6. The van der Waals surface area contributed by atoms with Gasteiger partial charge in [0.2, 0.25) is 6.19 Å². The number of ether oxygens (including phenoxy) is 2. The van der Waals surface area contributed by atoms with Crippen LogP contribution in [0.5, 0.6) is 5.75 Å². The molecule has 0 saturated carbocycles. The van der Waals surface area contributed by atoms with Crippen LogP contribution in [0.4, 0.5) is 0 Å². The molecule has 1 aromatic carbocycles. The first-order chi connectivity index (χ1) is 13.8. The van der Waals surface area contributed by atoms with Gasteiger partial charge in [-0.05, 0) is 38.0 Å². The second-order valence-corrected chi connectivity index (χ2v) is 9.18. The van der Waals surface area contributed by atoms with Gasteiger partial charge in [-0.3, -0.25) is 0 Å². The van der Waals surface area contributed by atoms with Crippen molar-refractivity contribution in [1.82, 2.24) is 4.57 Å². The van der Waals surface area contributed by atoms with E-state index in [0.717, 1.165) is 22.6 Å². The van der Waals surface area contributed by atoms with Crippen molar-refractivity contribution in [2.45, 2.75) is 46.3 Å². The molecule has 6 nitrogen and oxygen atoms in total. The number of hydrogen-bond acceptors (Lipinski definition) is 5. The molecule has 1 aliphatic rings. The van der Waals surface area contributed by atoms with Crippen LogP contribution in [0.15, 0.2) is 28.2 Å². The minimum absolute atomic E-state index is 0.279. The molecule has 0 amide bonds.